The van der Waals surface area contributed by atoms with Gasteiger partial charge in [-0.05, 0) is 64.7 Å². The summed E-state index contributed by atoms with van der Waals surface area (Å²) in [6.45, 7) is 0. The van der Waals surface area contributed by atoms with Crippen LogP contribution in [0, 0.1) is 0 Å². The molecule has 50 heavy (non-hydrogen) atoms. The van der Waals surface area contributed by atoms with E-state index >= 15 is 0 Å². The molecule has 0 saturated heterocycles. The molecule has 0 saturated carbocycles. The fraction of sp³-hybridized carbons (Fsp3) is 0. The number of rotatable bonds is 5. The molecule has 0 radical (unpaired) electrons. The number of hydrogen-bond donors (Lipinski definition) is 0. The Kier molecular flexibility index (Phi) is 6.46. The Morgan fingerprint density at radius 2 is 0.960 bits per heavy atom. The van der Waals surface area contributed by atoms with Gasteiger partial charge in [0.2, 0.25) is 0 Å². The van der Waals surface area contributed by atoms with Crippen LogP contribution in [-0.4, -0.2) is 14.5 Å². The van der Waals surface area contributed by atoms with E-state index in [4.69, 9.17) is 14.4 Å². The summed E-state index contributed by atoms with van der Waals surface area (Å²) >= 11 is 0. The SMILES string of the molecule is c1ccc(-c2cc(-c3ccc4oc5c(-c6ccccc6)nc(-c6ccccc6)nc5c4c3)cc(-n3c4ccccc4c4ccccc43)c2)cc1. The Labute approximate surface area is 288 Å². The predicted molar refractivity (Wildman–Crippen MR) is 205 cm³/mol. The maximum absolute atomic E-state index is 6.56. The highest BCUT2D eigenvalue weighted by Gasteiger charge is 2.20. The Morgan fingerprint density at radius 3 is 1.62 bits per heavy atom. The third-order valence-electron chi connectivity index (χ3n) is 9.59. The van der Waals surface area contributed by atoms with Gasteiger partial charge >= 0.3 is 0 Å². The van der Waals surface area contributed by atoms with Gasteiger partial charge in [0.15, 0.2) is 11.4 Å². The first-order valence-corrected chi connectivity index (χ1v) is 16.8. The zero-order valence-electron chi connectivity index (χ0n) is 27.0. The van der Waals surface area contributed by atoms with Crippen LogP contribution in [0.4, 0.5) is 0 Å². The lowest BCUT2D eigenvalue weighted by atomic mass is 9.97. The first kappa shape index (κ1) is 28.3. The van der Waals surface area contributed by atoms with Crippen LogP contribution in [0.5, 0.6) is 0 Å². The van der Waals surface area contributed by atoms with E-state index in [0.717, 1.165) is 55.7 Å². The number of para-hydroxylation sites is 2. The molecule has 0 unspecified atom stereocenters. The molecule has 3 heterocycles. The predicted octanol–water partition coefficient (Wildman–Crippen LogP) is 12.1. The third kappa shape index (κ3) is 4.61. The van der Waals surface area contributed by atoms with Crippen LogP contribution >= 0.6 is 0 Å². The monoisotopic (exact) mass is 639 g/mol. The maximum Gasteiger partial charge on any atom is 0.180 e. The summed E-state index contributed by atoms with van der Waals surface area (Å²) in [4.78, 5) is 10.2. The highest BCUT2D eigenvalue weighted by atomic mass is 16.3. The van der Waals surface area contributed by atoms with Crippen LogP contribution < -0.4 is 0 Å². The van der Waals surface area contributed by atoms with Crippen molar-refractivity contribution in [3.05, 3.63) is 176 Å². The van der Waals surface area contributed by atoms with Crippen LogP contribution in [0.25, 0.3) is 94.5 Å². The zero-order valence-corrected chi connectivity index (χ0v) is 27.0. The highest BCUT2D eigenvalue weighted by molar-refractivity contribution is 6.10. The lowest BCUT2D eigenvalue weighted by Crippen LogP contribution is -1.96. The molecule has 0 aliphatic carbocycles. The summed E-state index contributed by atoms with van der Waals surface area (Å²) in [6, 6.07) is 61.6. The Balaban J connectivity index is 1.23. The van der Waals surface area contributed by atoms with Crippen molar-refractivity contribution in [3.8, 4) is 50.6 Å². The summed E-state index contributed by atoms with van der Waals surface area (Å²) in [5.41, 5.74) is 13.0. The average Bonchev–Trinajstić information content (AvgIpc) is 3.74. The van der Waals surface area contributed by atoms with Crippen LogP contribution in [0.15, 0.2) is 180 Å². The molecule has 4 nitrogen and oxygen atoms in total. The second kappa shape index (κ2) is 11.4. The Hall–Kier alpha value is -6.78. The van der Waals surface area contributed by atoms with E-state index in [0.29, 0.717) is 11.4 Å². The summed E-state index contributed by atoms with van der Waals surface area (Å²) < 4.78 is 8.95. The molecular weight excluding hydrogens is 611 g/mol. The first-order valence-electron chi connectivity index (χ1n) is 16.8. The first-order chi connectivity index (χ1) is 24.8. The van der Waals surface area contributed by atoms with Crippen LogP contribution in [0.2, 0.25) is 0 Å². The Morgan fingerprint density at radius 1 is 0.400 bits per heavy atom. The van der Waals surface area contributed by atoms with Crippen molar-refractivity contribution < 1.29 is 4.42 Å². The van der Waals surface area contributed by atoms with E-state index in [1.165, 1.54) is 27.4 Å². The van der Waals surface area contributed by atoms with Crippen LogP contribution in [0.3, 0.4) is 0 Å². The number of aromatic nitrogens is 3. The minimum absolute atomic E-state index is 0.671. The second-order valence-corrected chi connectivity index (χ2v) is 12.6. The Bertz CT molecular complexity index is 2800. The number of furan rings is 1. The van der Waals surface area contributed by atoms with E-state index in [9.17, 15) is 0 Å². The number of nitrogens with zero attached hydrogens (tertiary/aromatic N) is 3. The van der Waals surface area contributed by atoms with E-state index in [2.05, 4.69) is 144 Å². The molecular formula is C46H29N3O. The van der Waals surface area contributed by atoms with Gasteiger partial charge in [0.1, 0.15) is 16.8 Å². The van der Waals surface area contributed by atoms with Gasteiger partial charge in [-0.3, -0.25) is 0 Å². The highest BCUT2D eigenvalue weighted by Crippen LogP contribution is 2.40. The van der Waals surface area contributed by atoms with Gasteiger partial charge < -0.3 is 8.98 Å². The summed E-state index contributed by atoms with van der Waals surface area (Å²) in [5, 5.41) is 3.44. The van der Waals surface area contributed by atoms with E-state index in [-0.39, 0.29) is 0 Å². The fourth-order valence-electron chi connectivity index (χ4n) is 7.24. The topological polar surface area (TPSA) is 43.9 Å². The minimum atomic E-state index is 0.671. The van der Waals surface area contributed by atoms with E-state index in [1.54, 1.807) is 0 Å². The lowest BCUT2D eigenvalue weighted by Gasteiger charge is -2.14. The largest absolute Gasteiger partial charge is 0.452 e. The van der Waals surface area contributed by atoms with Gasteiger partial charge in [0.05, 0.1) is 11.0 Å². The molecule has 10 aromatic rings. The second-order valence-electron chi connectivity index (χ2n) is 12.6. The molecule has 3 aromatic heterocycles. The summed E-state index contributed by atoms with van der Waals surface area (Å²) in [6.07, 6.45) is 0. The minimum Gasteiger partial charge on any atom is -0.452 e. The maximum atomic E-state index is 6.56. The van der Waals surface area contributed by atoms with E-state index in [1.807, 2.05) is 36.4 Å². The van der Waals surface area contributed by atoms with Crippen molar-refractivity contribution in [2.75, 3.05) is 0 Å². The summed E-state index contributed by atoms with van der Waals surface area (Å²) in [7, 11) is 0. The van der Waals surface area contributed by atoms with Crippen molar-refractivity contribution in [1.82, 2.24) is 14.5 Å². The van der Waals surface area contributed by atoms with Crippen molar-refractivity contribution in [1.29, 1.82) is 0 Å². The quantitative estimate of drug-likeness (QED) is 0.188. The fourth-order valence-corrected chi connectivity index (χ4v) is 7.24. The standard InChI is InChI=1S/C46H29N3O/c1-4-14-30(15-5-1)34-26-35(28-36(27-34)49-40-22-12-10-20-37(40)38-21-11-13-23-41(38)49)33-24-25-42-39(29-33)44-45(50-42)43(31-16-6-2-7-17-31)47-46(48-44)32-18-8-3-9-19-32/h1-29H. The average molecular weight is 640 g/mol. The van der Waals surface area contributed by atoms with Gasteiger partial charge in [-0.1, -0.05) is 133 Å². The number of fused-ring (bicyclic) bond motifs is 6. The van der Waals surface area contributed by atoms with Crippen molar-refractivity contribution in [2.45, 2.75) is 0 Å². The third-order valence-corrected chi connectivity index (χ3v) is 9.59. The molecule has 0 fully saturated rings. The van der Waals surface area contributed by atoms with Crippen molar-refractivity contribution in [3.63, 3.8) is 0 Å². The smallest absolute Gasteiger partial charge is 0.180 e. The van der Waals surface area contributed by atoms with Gasteiger partial charge in [0, 0.05) is 33.0 Å². The molecule has 0 atom stereocenters. The molecule has 0 spiro atoms. The normalized spacial score (nSPS) is 11.6. The molecule has 0 bridgehead atoms. The number of hydrogen-bond acceptors (Lipinski definition) is 3. The molecule has 234 valence electrons. The molecule has 4 heteroatoms. The molecule has 0 aliphatic heterocycles. The van der Waals surface area contributed by atoms with Gasteiger partial charge in [-0.25, -0.2) is 9.97 Å². The van der Waals surface area contributed by atoms with Gasteiger partial charge in [0.25, 0.3) is 0 Å². The molecule has 0 aliphatic rings. The van der Waals surface area contributed by atoms with Crippen LogP contribution in [-0.2, 0) is 0 Å². The lowest BCUT2D eigenvalue weighted by molar-refractivity contribution is 0.667. The van der Waals surface area contributed by atoms with E-state index < -0.39 is 0 Å². The van der Waals surface area contributed by atoms with Crippen molar-refractivity contribution in [2.24, 2.45) is 0 Å². The van der Waals surface area contributed by atoms with Crippen LogP contribution in [0.1, 0.15) is 0 Å². The number of benzene rings is 7. The molecule has 10 rings (SSSR count). The van der Waals surface area contributed by atoms with Gasteiger partial charge in [-0.2, -0.15) is 0 Å². The molecule has 0 amide bonds. The summed E-state index contributed by atoms with van der Waals surface area (Å²) in [5.74, 6) is 0.671. The van der Waals surface area contributed by atoms with Gasteiger partial charge in [-0.15, -0.1) is 0 Å². The zero-order chi connectivity index (χ0) is 33.0. The molecule has 7 aromatic carbocycles. The molecule has 0 N–H and O–H groups in total. The van der Waals surface area contributed by atoms with Crippen molar-refractivity contribution >= 4 is 43.9 Å².